The van der Waals surface area contributed by atoms with Gasteiger partial charge in [0, 0.05) is 26.2 Å². The van der Waals surface area contributed by atoms with Gasteiger partial charge in [0.15, 0.2) is 0 Å². The van der Waals surface area contributed by atoms with Crippen molar-refractivity contribution in [3.8, 4) is 0 Å². The monoisotopic (exact) mass is 236 g/mol. The lowest BCUT2D eigenvalue weighted by Gasteiger charge is -2.19. The standard InChI is InChI=1S/C11H16N4O2/c1-13-11(16)17-8-3-5-15(7-8)10-2-4-14-6-9(10)12/h2,4,6,8H,3,5,7,12H2,1H3,(H,13,16)/t8-/m1/s1. The molecule has 2 rings (SSSR count). The van der Waals surface area contributed by atoms with Gasteiger partial charge in [0.1, 0.15) is 6.10 Å². The fourth-order valence-electron chi connectivity index (χ4n) is 1.94. The predicted octanol–water partition coefficient (Wildman–Crippen LogP) is 0.598. The van der Waals surface area contributed by atoms with Crippen molar-refractivity contribution in [2.45, 2.75) is 12.5 Å². The molecule has 3 N–H and O–H groups in total. The van der Waals surface area contributed by atoms with E-state index in [1.54, 1.807) is 19.4 Å². The van der Waals surface area contributed by atoms with Gasteiger partial charge in [-0.2, -0.15) is 0 Å². The molecule has 1 aliphatic heterocycles. The average Bonchev–Trinajstić information content (AvgIpc) is 2.78. The highest BCUT2D eigenvalue weighted by Gasteiger charge is 2.26. The van der Waals surface area contributed by atoms with Gasteiger partial charge in [-0.05, 0) is 6.07 Å². The number of alkyl carbamates (subject to hydrolysis) is 1. The van der Waals surface area contributed by atoms with Crippen molar-refractivity contribution < 1.29 is 9.53 Å². The molecule has 1 atom stereocenters. The Labute approximate surface area is 99.8 Å². The molecule has 0 radical (unpaired) electrons. The van der Waals surface area contributed by atoms with Gasteiger partial charge in [-0.25, -0.2) is 4.79 Å². The third kappa shape index (κ3) is 2.58. The number of aromatic nitrogens is 1. The molecule has 6 nitrogen and oxygen atoms in total. The number of hydrogen-bond acceptors (Lipinski definition) is 5. The summed E-state index contributed by atoms with van der Waals surface area (Å²) in [4.78, 5) is 17.1. The summed E-state index contributed by atoms with van der Waals surface area (Å²) in [5.41, 5.74) is 7.44. The van der Waals surface area contributed by atoms with Crippen molar-refractivity contribution in [1.29, 1.82) is 0 Å². The van der Waals surface area contributed by atoms with Crippen LogP contribution in [0.5, 0.6) is 0 Å². The van der Waals surface area contributed by atoms with Crippen LogP contribution in [0.15, 0.2) is 18.5 Å². The Balaban J connectivity index is 1.98. The highest BCUT2D eigenvalue weighted by Crippen LogP contribution is 2.26. The molecule has 1 aromatic heterocycles. The summed E-state index contributed by atoms with van der Waals surface area (Å²) in [5, 5.41) is 2.44. The molecule has 0 unspecified atom stereocenters. The highest BCUT2D eigenvalue weighted by atomic mass is 16.6. The Morgan fingerprint density at radius 1 is 1.71 bits per heavy atom. The number of nitrogens with zero attached hydrogens (tertiary/aromatic N) is 2. The van der Waals surface area contributed by atoms with Gasteiger partial charge >= 0.3 is 6.09 Å². The van der Waals surface area contributed by atoms with Crippen LogP contribution in [0.3, 0.4) is 0 Å². The molecular formula is C11H16N4O2. The van der Waals surface area contributed by atoms with E-state index in [0.717, 1.165) is 18.7 Å². The van der Waals surface area contributed by atoms with E-state index in [1.165, 1.54) is 0 Å². The van der Waals surface area contributed by atoms with Crippen LogP contribution in [-0.2, 0) is 4.74 Å². The number of amides is 1. The van der Waals surface area contributed by atoms with Crippen LogP contribution in [0.4, 0.5) is 16.2 Å². The first-order chi connectivity index (χ1) is 8.20. The zero-order valence-corrected chi connectivity index (χ0v) is 9.72. The molecule has 1 saturated heterocycles. The Kier molecular flexibility index (Phi) is 3.32. The Bertz CT molecular complexity index is 410. The van der Waals surface area contributed by atoms with E-state index >= 15 is 0 Å². The highest BCUT2D eigenvalue weighted by molar-refractivity contribution is 5.68. The van der Waals surface area contributed by atoms with E-state index in [1.807, 2.05) is 6.07 Å². The van der Waals surface area contributed by atoms with Gasteiger partial charge < -0.3 is 20.7 Å². The van der Waals surface area contributed by atoms with E-state index in [9.17, 15) is 4.79 Å². The van der Waals surface area contributed by atoms with E-state index < -0.39 is 0 Å². The summed E-state index contributed by atoms with van der Waals surface area (Å²) in [6, 6.07) is 1.87. The smallest absolute Gasteiger partial charge is 0.407 e. The van der Waals surface area contributed by atoms with Crippen molar-refractivity contribution in [3.05, 3.63) is 18.5 Å². The first kappa shape index (κ1) is 11.5. The molecule has 17 heavy (non-hydrogen) atoms. The molecule has 0 aromatic carbocycles. The van der Waals surface area contributed by atoms with E-state index in [-0.39, 0.29) is 12.2 Å². The van der Waals surface area contributed by atoms with Gasteiger partial charge in [-0.1, -0.05) is 0 Å². The SMILES string of the molecule is CNC(=O)O[C@@H]1CCN(c2ccncc2N)C1. The lowest BCUT2D eigenvalue weighted by Crippen LogP contribution is -2.29. The van der Waals surface area contributed by atoms with Crippen LogP contribution in [0.2, 0.25) is 0 Å². The minimum atomic E-state index is -0.389. The van der Waals surface area contributed by atoms with Crippen molar-refractivity contribution in [2.75, 3.05) is 30.8 Å². The maximum absolute atomic E-state index is 11.1. The van der Waals surface area contributed by atoms with Gasteiger partial charge in [0.25, 0.3) is 0 Å². The summed E-state index contributed by atoms with van der Waals surface area (Å²) >= 11 is 0. The molecule has 92 valence electrons. The minimum Gasteiger partial charge on any atom is -0.444 e. The van der Waals surface area contributed by atoms with Crippen molar-refractivity contribution >= 4 is 17.5 Å². The molecule has 1 amide bonds. The summed E-state index contributed by atoms with van der Waals surface area (Å²) in [7, 11) is 1.55. The fourth-order valence-corrected chi connectivity index (χ4v) is 1.94. The second kappa shape index (κ2) is 4.90. The van der Waals surface area contributed by atoms with E-state index in [2.05, 4.69) is 15.2 Å². The van der Waals surface area contributed by atoms with Gasteiger partial charge in [0.05, 0.1) is 24.1 Å². The predicted molar refractivity (Wildman–Crippen MR) is 64.8 cm³/mol. The minimum absolute atomic E-state index is 0.0810. The number of carbonyl (C=O) groups is 1. The lowest BCUT2D eigenvalue weighted by atomic mass is 10.3. The quantitative estimate of drug-likeness (QED) is 0.786. The van der Waals surface area contributed by atoms with E-state index in [0.29, 0.717) is 12.2 Å². The van der Waals surface area contributed by atoms with Crippen LogP contribution in [0.1, 0.15) is 6.42 Å². The third-order valence-electron chi connectivity index (χ3n) is 2.79. The number of nitrogens with two attached hydrogens (primary N) is 1. The summed E-state index contributed by atoms with van der Waals surface area (Å²) in [6.45, 7) is 1.50. The fraction of sp³-hybridized carbons (Fsp3) is 0.455. The van der Waals surface area contributed by atoms with Crippen molar-refractivity contribution in [1.82, 2.24) is 10.3 Å². The Morgan fingerprint density at radius 3 is 3.24 bits per heavy atom. The summed E-state index contributed by atoms with van der Waals surface area (Å²) in [6.07, 6.45) is 3.68. The first-order valence-corrected chi connectivity index (χ1v) is 5.53. The second-order valence-electron chi connectivity index (χ2n) is 3.95. The zero-order valence-electron chi connectivity index (χ0n) is 9.72. The molecule has 0 saturated carbocycles. The summed E-state index contributed by atoms with van der Waals surface area (Å²) in [5.74, 6) is 0. The van der Waals surface area contributed by atoms with Crippen LogP contribution in [0, 0.1) is 0 Å². The van der Waals surface area contributed by atoms with Gasteiger partial charge in [-0.3, -0.25) is 4.98 Å². The lowest BCUT2D eigenvalue weighted by molar-refractivity contribution is 0.110. The van der Waals surface area contributed by atoms with Crippen molar-refractivity contribution in [3.63, 3.8) is 0 Å². The largest absolute Gasteiger partial charge is 0.444 e. The number of hydrogen-bond donors (Lipinski definition) is 2. The zero-order chi connectivity index (χ0) is 12.3. The maximum Gasteiger partial charge on any atom is 0.407 e. The normalized spacial score (nSPS) is 19.1. The van der Waals surface area contributed by atoms with Crippen LogP contribution in [0.25, 0.3) is 0 Å². The molecule has 1 fully saturated rings. The number of ether oxygens (including phenoxy) is 1. The number of nitrogen functional groups attached to an aromatic ring is 1. The molecule has 2 heterocycles. The van der Waals surface area contributed by atoms with Crippen molar-refractivity contribution in [2.24, 2.45) is 0 Å². The topological polar surface area (TPSA) is 80.5 Å². The van der Waals surface area contributed by atoms with Crippen LogP contribution in [-0.4, -0.2) is 37.3 Å². The second-order valence-corrected chi connectivity index (χ2v) is 3.95. The number of nitrogens with one attached hydrogen (secondary N) is 1. The number of anilines is 2. The molecular weight excluding hydrogens is 220 g/mol. The molecule has 0 bridgehead atoms. The summed E-state index contributed by atoms with van der Waals surface area (Å²) < 4.78 is 5.20. The molecule has 6 heteroatoms. The molecule has 0 aliphatic carbocycles. The maximum atomic E-state index is 11.1. The number of carbonyl (C=O) groups excluding carboxylic acids is 1. The van der Waals surface area contributed by atoms with Crippen LogP contribution >= 0.6 is 0 Å². The Morgan fingerprint density at radius 2 is 2.53 bits per heavy atom. The average molecular weight is 236 g/mol. The van der Waals surface area contributed by atoms with Gasteiger partial charge in [-0.15, -0.1) is 0 Å². The Hall–Kier alpha value is -1.98. The third-order valence-corrected chi connectivity index (χ3v) is 2.79. The molecule has 1 aromatic rings. The van der Waals surface area contributed by atoms with Gasteiger partial charge in [0.2, 0.25) is 0 Å². The molecule has 1 aliphatic rings. The first-order valence-electron chi connectivity index (χ1n) is 5.53. The van der Waals surface area contributed by atoms with Crippen LogP contribution < -0.4 is 16.0 Å². The number of pyridine rings is 1. The van der Waals surface area contributed by atoms with E-state index in [4.69, 9.17) is 10.5 Å². The number of rotatable bonds is 2. The molecule has 0 spiro atoms.